The highest BCUT2D eigenvalue weighted by atomic mass is 16.6. The highest BCUT2D eigenvalue weighted by Crippen LogP contribution is 2.24. The smallest absolute Gasteiger partial charge is 0.397 e. The van der Waals surface area contributed by atoms with Crippen LogP contribution in [0.4, 0.5) is 11.8 Å². The molecule has 0 bridgehead atoms. The average Bonchev–Trinajstić information content (AvgIpc) is 2.85. The molecule has 2 aromatic heterocycles. The summed E-state index contributed by atoms with van der Waals surface area (Å²) in [6.45, 7) is -0.304. The zero-order chi connectivity index (χ0) is 12.4. The lowest BCUT2D eigenvalue weighted by atomic mass is 10.4. The predicted molar refractivity (Wildman–Crippen MR) is 56.1 cm³/mol. The number of aromatic nitrogens is 3. The molecule has 0 amide bonds. The van der Waals surface area contributed by atoms with E-state index in [0.717, 1.165) is 0 Å². The number of furan rings is 1. The molecule has 9 nitrogen and oxygen atoms in total. The highest BCUT2D eigenvalue weighted by Gasteiger charge is 2.17. The van der Waals surface area contributed by atoms with Crippen molar-refractivity contribution in [2.45, 2.75) is 0 Å². The summed E-state index contributed by atoms with van der Waals surface area (Å²) in [4.78, 5) is 13.8. The second-order valence-electron chi connectivity index (χ2n) is 3.11. The molecule has 0 aliphatic heterocycles. The van der Waals surface area contributed by atoms with Gasteiger partial charge in [-0.3, -0.25) is 10.1 Å². The molecule has 2 N–H and O–H groups in total. The minimum Gasteiger partial charge on any atom is -0.397 e. The van der Waals surface area contributed by atoms with Crippen LogP contribution in [0.25, 0.3) is 11.6 Å². The Labute approximate surface area is 94.8 Å². The lowest BCUT2D eigenvalue weighted by molar-refractivity contribution is -0.401. The first-order valence-electron chi connectivity index (χ1n) is 4.62. The molecule has 0 fully saturated rings. The van der Waals surface area contributed by atoms with Gasteiger partial charge >= 0.3 is 5.88 Å². The molecule has 0 radical (unpaired) electrons. The first-order chi connectivity index (χ1) is 8.11. The van der Waals surface area contributed by atoms with Crippen LogP contribution in [0.15, 0.2) is 16.5 Å². The lowest BCUT2D eigenvalue weighted by Gasteiger charge is -1.92. The fourth-order valence-electron chi connectivity index (χ4n) is 1.29. The van der Waals surface area contributed by atoms with E-state index in [1.807, 2.05) is 0 Å². The average molecular weight is 239 g/mol. The third kappa shape index (κ3) is 2.08. The SMILES string of the molecule is Cn1nc(NCO)nc1-c1ccc([N+](=O)[O-])o1. The Balaban J connectivity index is 2.34. The molecule has 17 heavy (non-hydrogen) atoms. The number of hydrogen-bond acceptors (Lipinski definition) is 7. The van der Waals surface area contributed by atoms with Gasteiger partial charge in [0.1, 0.15) is 11.7 Å². The van der Waals surface area contributed by atoms with Crippen molar-refractivity contribution >= 4 is 11.8 Å². The van der Waals surface area contributed by atoms with Gasteiger partial charge in [-0.25, -0.2) is 4.68 Å². The van der Waals surface area contributed by atoms with Crippen LogP contribution in [-0.2, 0) is 7.05 Å². The van der Waals surface area contributed by atoms with Crippen molar-refractivity contribution in [1.82, 2.24) is 14.8 Å². The maximum Gasteiger partial charge on any atom is 0.433 e. The summed E-state index contributed by atoms with van der Waals surface area (Å²) in [5, 5.41) is 25.6. The van der Waals surface area contributed by atoms with E-state index in [1.54, 1.807) is 7.05 Å². The van der Waals surface area contributed by atoms with E-state index in [2.05, 4.69) is 15.4 Å². The molecule has 0 aliphatic rings. The van der Waals surface area contributed by atoms with Crippen LogP contribution in [0.5, 0.6) is 0 Å². The molecule has 0 spiro atoms. The Morgan fingerprint density at radius 1 is 1.65 bits per heavy atom. The molecular weight excluding hydrogens is 230 g/mol. The topological polar surface area (TPSA) is 119 Å². The summed E-state index contributed by atoms with van der Waals surface area (Å²) >= 11 is 0. The molecule has 90 valence electrons. The van der Waals surface area contributed by atoms with E-state index in [9.17, 15) is 10.1 Å². The van der Waals surface area contributed by atoms with E-state index >= 15 is 0 Å². The lowest BCUT2D eigenvalue weighted by Crippen LogP contribution is -2.01. The van der Waals surface area contributed by atoms with Gasteiger partial charge in [0.25, 0.3) is 0 Å². The van der Waals surface area contributed by atoms with Gasteiger partial charge in [-0.2, -0.15) is 4.98 Å². The minimum atomic E-state index is -0.632. The normalized spacial score (nSPS) is 10.5. The van der Waals surface area contributed by atoms with E-state index in [-0.39, 0.29) is 24.3 Å². The van der Waals surface area contributed by atoms with Crippen molar-refractivity contribution in [3.05, 3.63) is 22.2 Å². The number of anilines is 1. The van der Waals surface area contributed by atoms with Gasteiger partial charge in [-0.05, 0) is 6.07 Å². The largest absolute Gasteiger partial charge is 0.433 e. The van der Waals surface area contributed by atoms with Crippen LogP contribution in [0.3, 0.4) is 0 Å². The zero-order valence-corrected chi connectivity index (χ0v) is 8.82. The van der Waals surface area contributed by atoms with Gasteiger partial charge in [0.2, 0.25) is 5.95 Å². The first-order valence-corrected chi connectivity index (χ1v) is 4.62. The number of aliphatic hydroxyl groups excluding tert-OH is 1. The Kier molecular flexibility index (Phi) is 2.75. The molecular formula is C8H9N5O4. The summed E-state index contributed by atoms with van der Waals surface area (Å²) < 4.78 is 6.38. The quantitative estimate of drug-likeness (QED) is 0.448. The van der Waals surface area contributed by atoms with Crippen molar-refractivity contribution < 1.29 is 14.4 Å². The van der Waals surface area contributed by atoms with Crippen LogP contribution in [-0.4, -0.2) is 31.5 Å². The molecule has 2 rings (SSSR count). The van der Waals surface area contributed by atoms with Gasteiger partial charge in [-0.15, -0.1) is 5.10 Å². The van der Waals surface area contributed by atoms with Gasteiger partial charge in [0.15, 0.2) is 11.6 Å². The Hall–Kier alpha value is -2.42. The summed E-state index contributed by atoms with van der Waals surface area (Å²) in [7, 11) is 1.61. The standard InChI is InChI=1S/C8H9N5O4/c1-12-7(10-8(11-12)9-4-14)5-2-3-6(17-5)13(15)16/h2-3,14H,4H2,1H3,(H,9,11). The number of nitrogens with zero attached hydrogens (tertiary/aromatic N) is 4. The fraction of sp³-hybridized carbons (Fsp3) is 0.250. The van der Waals surface area contributed by atoms with Crippen molar-refractivity contribution in [3.63, 3.8) is 0 Å². The van der Waals surface area contributed by atoms with Crippen LogP contribution >= 0.6 is 0 Å². The molecule has 0 unspecified atom stereocenters. The second-order valence-corrected chi connectivity index (χ2v) is 3.11. The van der Waals surface area contributed by atoms with Gasteiger partial charge in [0, 0.05) is 7.05 Å². The summed E-state index contributed by atoms with van der Waals surface area (Å²) in [6, 6.07) is 2.67. The van der Waals surface area contributed by atoms with E-state index < -0.39 is 4.92 Å². The van der Waals surface area contributed by atoms with Crippen molar-refractivity contribution in [1.29, 1.82) is 0 Å². The molecule has 2 aromatic rings. The number of nitrogens with one attached hydrogen (secondary N) is 1. The predicted octanol–water partition coefficient (Wildman–Crippen LogP) is 0.345. The van der Waals surface area contributed by atoms with Crippen LogP contribution in [0.2, 0.25) is 0 Å². The molecule has 9 heteroatoms. The highest BCUT2D eigenvalue weighted by molar-refractivity contribution is 5.51. The Morgan fingerprint density at radius 2 is 2.41 bits per heavy atom. The second kappa shape index (κ2) is 4.22. The van der Waals surface area contributed by atoms with E-state index in [4.69, 9.17) is 9.52 Å². The first kappa shape index (κ1) is 11.1. The molecule has 0 saturated heterocycles. The fourth-order valence-corrected chi connectivity index (χ4v) is 1.29. The summed E-state index contributed by atoms with van der Waals surface area (Å²) in [5.41, 5.74) is 0. The van der Waals surface area contributed by atoms with Gasteiger partial charge in [0.05, 0.1) is 6.07 Å². The van der Waals surface area contributed by atoms with E-state index in [0.29, 0.717) is 5.82 Å². The summed E-state index contributed by atoms with van der Waals surface area (Å²) in [5.74, 6) is 0.412. The molecule has 0 atom stereocenters. The molecule has 2 heterocycles. The third-order valence-electron chi connectivity index (χ3n) is 1.99. The van der Waals surface area contributed by atoms with Crippen molar-refractivity contribution in [3.8, 4) is 11.6 Å². The molecule has 0 saturated carbocycles. The van der Waals surface area contributed by atoms with Crippen LogP contribution in [0, 0.1) is 10.1 Å². The minimum absolute atomic E-state index is 0.212. The number of aryl methyl sites for hydroxylation is 1. The third-order valence-corrected chi connectivity index (χ3v) is 1.99. The van der Waals surface area contributed by atoms with Crippen LogP contribution < -0.4 is 5.32 Å². The van der Waals surface area contributed by atoms with Crippen molar-refractivity contribution in [2.24, 2.45) is 7.05 Å². The number of nitro groups is 1. The maximum absolute atomic E-state index is 10.5. The monoisotopic (exact) mass is 239 g/mol. The van der Waals surface area contributed by atoms with Crippen molar-refractivity contribution in [2.75, 3.05) is 12.0 Å². The van der Waals surface area contributed by atoms with Crippen LogP contribution in [0.1, 0.15) is 0 Å². The molecule has 0 aliphatic carbocycles. The molecule has 0 aromatic carbocycles. The summed E-state index contributed by atoms with van der Waals surface area (Å²) in [6.07, 6.45) is 0. The van der Waals surface area contributed by atoms with Gasteiger partial charge < -0.3 is 14.8 Å². The zero-order valence-electron chi connectivity index (χ0n) is 8.82. The van der Waals surface area contributed by atoms with E-state index in [1.165, 1.54) is 16.8 Å². The number of rotatable bonds is 4. The number of hydrogen-bond donors (Lipinski definition) is 2. The Morgan fingerprint density at radius 3 is 3.00 bits per heavy atom. The Bertz CT molecular complexity index is 546. The maximum atomic E-state index is 10.5. The van der Waals surface area contributed by atoms with Gasteiger partial charge in [-0.1, -0.05) is 0 Å². The number of aliphatic hydroxyl groups is 1.